The van der Waals surface area contributed by atoms with Crippen molar-refractivity contribution in [3.05, 3.63) is 40.3 Å². The number of hydrogen-bond donors (Lipinski definition) is 2. The van der Waals surface area contributed by atoms with E-state index in [2.05, 4.69) is 4.98 Å². The normalized spacial score (nSPS) is 10.1. The van der Waals surface area contributed by atoms with Crippen molar-refractivity contribution >= 4 is 23.3 Å². The third kappa shape index (κ3) is 2.31. The van der Waals surface area contributed by atoms with Crippen LogP contribution in [0.25, 0.3) is 11.1 Å². The van der Waals surface area contributed by atoms with Gasteiger partial charge in [0.2, 0.25) is 0 Å². The Kier molecular flexibility index (Phi) is 2.88. The summed E-state index contributed by atoms with van der Waals surface area (Å²) in [4.78, 5) is 25.5. The van der Waals surface area contributed by atoms with E-state index in [0.717, 1.165) is 11.3 Å². The molecule has 2 heterocycles. The smallest absolute Gasteiger partial charge is 0.345 e. The monoisotopic (exact) mass is 249 g/mol. The molecule has 0 atom stereocenters. The molecule has 0 fully saturated rings. The standard InChI is InChI=1S/C11H7NO4S/c13-10(14)7-1-6(3-12-4-7)8-2-9(11(15)16)17-5-8/h1-5H,(H,13,14)(H,15,16). The lowest BCUT2D eigenvalue weighted by atomic mass is 10.1. The van der Waals surface area contributed by atoms with Crippen molar-refractivity contribution in [2.75, 3.05) is 0 Å². The highest BCUT2D eigenvalue weighted by Crippen LogP contribution is 2.25. The molecule has 0 spiro atoms. The van der Waals surface area contributed by atoms with E-state index in [1.165, 1.54) is 24.5 Å². The summed E-state index contributed by atoms with van der Waals surface area (Å²) in [6.07, 6.45) is 2.75. The van der Waals surface area contributed by atoms with Crippen molar-refractivity contribution < 1.29 is 19.8 Å². The molecule has 17 heavy (non-hydrogen) atoms. The molecular formula is C11H7NO4S. The average Bonchev–Trinajstić information content (AvgIpc) is 2.78. The summed E-state index contributed by atoms with van der Waals surface area (Å²) in [5, 5.41) is 19.3. The first-order valence-electron chi connectivity index (χ1n) is 4.58. The van der Waals surface area contributed by atoms with Crippen molar-refractivity contribution in [3.63, 3.8) is 0 Å². The highest BCUT2D eigenvalue weighted by Gasteiger charge is 2.10. The SMILES string of the molecule is O=C(O)c1cncc(-c2csc(C(=O)O)c2)c1. The van der Waals surface area contributed by atoms with Crippen LogP contribution in [0.2, 0.25) is 0 Å². The van der Waals surface area contributed by atoms with Gasteiger partial charge >= 0.3 is 11.9 Å². The van der Waals surface area contributed by atoms with E-state index in [1.807, 2.05) is 0 Å². The van der Waals surface area contributed by atoms with E-state index in [1.54, 1.807) is 5.38 Å². The summed E-state index contributed by atoms with van der Waals surface area (Å²) in [6, 6.07) is 2.96. The minimum Gasteiger partial charge on any atom is -0.478 e. The Balaban J connectivity index is 2.42. The molecule has 0 saturated carbocycles. The van der Waals surface area contributed by atoms with Crippen LogP contribution in [0.5, 0.6) is 0 Å². The molecule has 0 amide bonds. The zero-order valence-corrected chi connectivity index (χ0v) is 9.27. The van der Waals surface area contributed by atoms with Gasteiger partial charge in [-0.15, -0.1) is 11.3 Å². The van der Waals surface area contributed by atoms with Crippen LogP contribution in [0, 0.1) is 0 Å². The number of carbonyl (C=O) groups is 2. The van der Waals surface area contributed by atoms with Gasteiger partial charge in [0.05, 0.1) is 5.56 Å². The van der Waals surface area contributed by atoms with Crippen LogP contribution in [0.1, 0.15) is 20.0 Å². The quantitative estimate of drug-likeness (QED) is 0.870. The van der Waals surface area contributed by atoms with Crippen LogP contribution in [-0.4, -0.2) is 27.1 Å². The van der Waals surface area contributed by atoms with E-state index in [9.17, 15) is 9.59 Å². The predicted molar refractivity (Wildman–Crippen MR) is 61.5 cm³/mol. The Morgan fingerprint density at radius 3 is 2.41 bits per heavy atom. The van der Waals surface area contributed by atoms with Crippen LogP contribution in [-0.2, 0) is 0 Å². The van der Waals surface area contributed by atoms with Crippen molar-refractivity contribution in [3.8, 4) is 11.1 Å². The van der Waals surface area contributed by atoms with E-state index in [4.69, 9.17) is 10.2 Å². The summed E-state index contributed by atoms with van der Waals surface area (Å²) < 4.78 is 0. The van der Waals surface area contributed by atoms with Crippen molar-refractivity contribution in [1.82, 2.24) is 4.98 Å². The lowest BCUT2D eigenvalue weighted by Gasteiger charge is -1.98. The van der Waals surface area contributed by atoms with Gasteiger partial charge in [-0.3, -0.25) is 4.98 Å². The number of aromatic nitrogens is 1. The number of thiophene rings is 1. The summed E-state index contributed by atoms with van der Waals surface area (Å²) in [6.45, 7) is 0. The third-order valence-corrected chi connectivity index (χ3v) is 3.05. The van der Waals surface area contributed by atoms with Gasteiger partial charge in [-0.1, -0.05) is 0 Å². The molecule has 2 aromatic heterocycles. The van der Waals surface area contributed by atoms with Gasteiger partial charge in [-0.05, 0) is 23.1 Å². The molecule has 0 radical (unpaired) electrons. The molecule has 0 unspecified atom stereocenters. The largest absolute Gasteiger partial charge is 0.478 e. The van der Waals surface area contributed by atoms with Crippen LogP contribution in [0.4, 0.5) is 0 Å². The van der Waals surface area contributed by atoms with E-state index in [0.29, 0.717) is 11.1 Å². The first kappa shape index (κ1) is 11.3. The molecular weight excluding hydrogens is 242 g/mol. The topological polar surface area (TPSA) is 87.5 Å². The van der Waals surface area contributed by atoms with Crippen LogP contribution in [0.3, 0.4) is 0 Å². The van der Waals surface area contributed by atoms with Crippen LogP contribution < -0.4 is 0 Å². The molecule has 0 aromatic carbocycles. The fourth-order valence-electron chi connectivity index (χ4n) is 1.31. The van der Waals surface area contributed by atoms with Crippen molar-refractivity contribution in [2.24, 2.45) is 0 Å². The third-order valence-electron chi connectivity index (χ3n) is 2.13. The maximum atomic E-state index is 10.8. The first-order valence-corrected chi connectivity index (χ1v) is 5.46. The molecule has 0 aliphatic rings. The van der Waals surface area contributed by atoms with Gasteiger partial charge in [0.15, 0.2) is 0 Å². The van der Waals surface area contributed by atoms with Gasteiger partial charge in [-0.2, -0.15) is 0 Å². The van der Waals surface area contributed by atoms with E-state index >= 15 is 0 Å². The Labute approximate surface area is 100.0 Å². The minimum absolute atomic E-state index is 0.0746. The Hall–Kier alpha value is -2.21. The molecule has 0 aliphatic carbocycles. The molecule has 0 bridgehead atoms. The van der Waals surface area contributed by atoms with E-state index < -0.39 is 11.9 Å². The molecule has 2 N–H and O–H groups in total. The fourth-order valence-corrected chi connectivity index (χ4v) is 2.07. The van der Waals surface area contributed by atoms with Gasteiger partial charge < -0.3 is 10.2 Å². The van der Waals surface area contributed by atoms with Gasteiger partial charge in [0.1, 0.15) is 4.88 Å². The zero-order valence-electron chi connectivity index (χ0n) is 8.45. The number of hydrogen-bond acceptors (Lipinski definition) is 4. The molecule has 0 saturated heterocycles. The fraction of sp³-hybridized carbons (Fsp3) is 0. The highest BCUT2D eigenvalue weighted by atomic mass is 32.1. The molecule has 5 nitrogen and oxygen atoms in total. The summed E-state index contributed by atoms with van der Waals surface area (Å²) in [5.41, 5.74) is 1.32. The van der Waals surface area contributed by atoms with E-state index in [-0.39, 0.29) is 10.4 Å². The molecule has 6 heteroatoms. The maximum absolute atomic E-state index is 10.8. The minimum atomic E-state index is -1.06. The second-order valence-corrected chi connectivity index (χ2v) is 4.18. The van der Waals surface area contributed by atoms with Crippen LogP contribution in [0.15, 0.2) is 29.9 Å². The second kappa shape index (κ2) is 4.34. The Morgan fingerprint density at radius 2 is 1.82 bits per heavy atom. The maximum Gasteiger partial charge on any atom is 0.345 e. The molecule has 86 valence electrons. The van der Waals surface area contributed by atoms with Gasteiger partial charge in [-0.25, -0.2) is 9.59 Å². The first-order chi connectivity index (χ1) is 8.08. The lowest BCUT2D eigenvalue weighted by Crippen LogP contribution is -1.97. The Morgan fingerprint density at radius 1 is 1.06 bits per heavy atom. The number of carboxylic acid groups (broad SMARTS) is 2. The summed E-state index contributed by atoms with van der Waals surface area (Å²) >= 11 is 1.09. The lowest BCUT2D eigenvalue weighted by molar-refractivity contribution is 0.0688. The highest BCUT2D eigenvalue weighted by molar-refractivity contribution is 7.12. The van der Waals surface area contributed by atoms with Crippen LogP contribution >= 0.6 is 11.3 Å². The Bertz CT molecular complexity index is 591. The molecule has 0 aliphatic heterocycles. The van der Waals surface area contributed by atoms with Gasteiger partial charge in [0.25, 0.3) is 0 Å². The summed E-state index contributed by atoms with van der Waals surface area (Å²) in [5.74, 6) is -2.06. The molecule has 2 aromatic rings. The van der Waals surface area contributed by atoms with Gasteiger partial charge in [0, 0.05) is 18.0 Å². The number of aromatic carboxylic acids is 2. The zero-order chi connectivity index (χ0) is 12.4. The summed E-state index contributed by atoms with van der Waals surface area (Å²) in [7, 11) is 0. The van der Waals surface area contributed by atoms with Crippen molar-refractivity contribution in [2.45, 2.75) is 0 Å². The average molecular weight is 249 g/mol. The number of pyridine rings is 1. The number of nitrogens with zero attached hydrogens (tertiary/aromatic N) is 1. The van der Waals surface area contributed by atoms with Crippen molar-refractivity contribution in [1.29, 1.82) is 0 Å². The number of carboxylic acids is 2. The number of rotatable bonds is 3. The second-order valence-electron chi connectivity index (χ2n) is 3.27. The molecule has 2 rings (SSSR count). The predicted octanol–water partition coefficient (Wildman–Crippen LogP) is 2.21.